The summed E-state index contributed by atoms with van der Waals surface area (Å²) in [6, 6.07) is 3.07. The third-order valence-electron chi connectivity index (χ3n) is 6.52. The molecule has 12 heteroatoms. The second-order valence-electron chi connectivity index (χ2n) is 9.30. The average molecular weight is 503 g/mol. The fourth-order valence-corrected chi connectivity index (χ4v) is 6.62. The molecular formula is C22H25F3N2O6S. The number of aromatic nitrogens is 2. The number of carboxylic acids is 1. The number of hydrogen-bond donors (Lipinski definition) is 1. The molecule has 1 aromatic heterocycles. The number of rotatable bonds is 7. The van der Waals surface area contributed by atoms with Crippen LogP contribution in [0.15, 0.2) is 35.5 Å². The van der Waals surface area contributed by atoms with Gasteiger partial charge in [-0.2, -0.15) is 18.3 Å². The maximum absolute atomic E-state index is 14.0. The van der Waals surface area contributed by atoms with E-state index in [0.717, 1.165) is 12.1 Å². The predicted molar refractivity (Wildman–Crippen MR) is 114 cm³/mol. The Bertz CT molecular complexity index is 1190. The first-order valence-corrected chi connectivity index (χ1v) is 12.2. The number of hydrogen-bond acceptors (Lipinski definition) is 6. The maximum atomic E-state index is 14.0. The number of alkyl halides is 3. The predicted octanol–water partition coefficient (Wildman–Crippen LogP) is 3.26. The fraction of sp³-hybridized carbons (Fsp3) is 0.545. The van der Waals surface area contributed by atoms with Gasteiger partial charge in [-0.3, -0.25) is 9.48 Å². The second-order valence-corrected chi connectivity index (χ2v) is 11.5. The molecule has 1 aromatic carbocycles. The molecule has 0 spiro atoms. The highest BCUT2D eigenvalue weighted by Crippen LogP contribution is 2.42. The number of carbonyl (C=O) groups is 1. The first-order chi connectivity index (χ1) is 15.8. The van der Waals surface area contributed by atoms with Gasteiger partial charge in [0.2, 0.25) is 0 Å². The largest absolute Gasteiger partial charge is 0.481 e. The first-order valence-electron chi connectivity index (χ1n) is 10.7. The second kappa shape index (κ2) is 8.65. The zero-order chi connectivity index (χ0) is 24.9. The van der Waals surface area contributed by atoms with E-state index in [2.05, 4.69) is 5.10 Å². The van der Waals surface area contributed by atoms with Gasteiger partial charge in [0.1, 0.15) is 0 Å². The van der Waals surface area contributed by atoms with E-state index in [-0.39, 0.29) is 23.8 Å². The Morgan fingerprint density at radius 2 is 2.00 bits per heavy atom. The number of aliphatic carboxylic acids is 1. The molecule has 186 valence electrons. The van der Waals surface area contributed by atoms with Crippen molar-refractivity contribution in [1.29, 1.82) is 0 Å². The highest BCUT2D eigenvalue weighted by atomic mass is 32.2. The lowest BCUT2D eigenvalue weighted by atomic mass is 9.89. The molecule has 2 heterocycles. The Morgan fingerprint density at radius 3 is 2.53 bits per heavy atom. The van der Waals surface area contributed by atoms with Crippen molar-refractivity contribution in [2.24, 2.45) is 11.3 Å². The van der Waals surface area contributed by atoms with Gasteiger partial charge >= 0.3 is 12.1 Å². The molecule has 1 aliphatic heterocycles. The summed E-state index contributed by atoms with van der Waals surface area (Å²) in [7, 11) is -3.22. The summed E-state index contributed by atoms with van der Waals surface area (Å²) in [5, 5.41) is 12.3. The Kier molecular flexibility index (Phi) is 6.28. The Hall–Kier alpha value is -2.44. The summed E-state index contributed by atoms with van der Waals surface area (Å²) in [6.45, 7) is 3.70. The van der Waals surface area contributed by atoms with E-state index in [1.54, 1.807) is 10.9 Å². The molecule has 8 nitrogen and oxygen atoms in total. The molecule has 3 atom stereocenters. The number of sulfone groups is 1. The minimum absolute atomic E-state index is 0.0898. The van der Waals surface area contributed by atoms with Crippen molar-refractivity contribution in [3.05, 3.63) is 36.2 Å². The van der Waals surface area contributed by atoms with E-state index < -0.39 is 49.7 Å². The van der Waals surface area contributed by atoms with Crippen LogP contribution in [0.25, 0.3) is 11.1 Å². The van der Waals surface area contributed by atoms with Gasteiger partial charge in [0.05, 0.1) is 53.7 Å². The zero-order valence-corrected chi connectivity index (χ0v) is 19.4. The molecule has 4 rings (SSSR count). The molecule has 0 radical (unpaired) electrons. The summed E-state index contributed by atoms with van der Waals surface area (Å²) in [5.41, 5.74) is -0.778. The number of nitrogens with zero attached hydrogens (tertiary/aromatic N) is 2. The van der Waals surface area contributed by atoms with Crippen LogP contribution in [0.5, 0.6) is 0 Å². The van der Waals surface area contributed by atoms with E-state index in [1.807, 2.05) is 6.92 Å². The minimum atomic E-state index is -4.93. The van der Waals surface area contributed by atoms with Crippen LogP contribution in [-0.2, 0) is 36.8 Å². The molecule has 2 aliphatic rings. The van der Waals surface area contributed by atoms with Gasteiger partial charge in [-0.05, 0) is 30.5 Å². The van der Waals surface area contributed by atoms with Crippen LogP contribution in [0, 0.1) is 11.3 Å². The van der Waals surface area contributed by atoms with Crippen molar-refractivity contribution in [3.63, 3.8) is 0 Å². The summed E-state index contributed by atoms with van der Waals surface area (Å²) in [6.07, 6.45) is -3.28. The van der Waals surface area contributed by atoms with E-state index in [1.165, 1.54) is 19.4 Å². The third-order valence-corrected chi connectivity index (χ3v) is 8.75. The molecule has 0 unspecified atom stereocenters. The van der Waals surface area contributed by atoms with Crippen molar-refractivity contribution in [2.75, 3.05) is 20.3 Å². The monoisotopic (exact) mass is 502 g/mol. The molecule has 0 bridgehead atoms. The van der Waals surface area contributed by atoms with E-state index in [4.69, 9.17) is 9.47 Å². The smallest absolute Gasteiger partial charge is 0.417 e. The quantitative estimate of drug-likeness (QED) is 0.619. The lowest BCUT2D eigenvalue weighted by Crippen LogP contribution is -2.43. The van der Waals surface area contributed by atoms with Crippen molar-refractivity contribution < 1.29 is 41.0 Å². The normalized spacial score (nSPS) is 24.7. The van der Waals surface area contributed by atoms with Crippen LogP contribution in [0.1, 0.15) is 25.3 Å². The van der Waals surface area contributed by atoms with Crippen LogP contribution < -0.4 is 0 Å². The topological polar surface area (TPSA) is 108 Å². The zero-order valence-electron chi connectivity index (χ0n) is 18.6. The molecule has 1 N–H and O–H groups in total. The standard InChI is InChI=1S/C22H25F3N2O6S/c1-21(11-33-12-21)10-27-9-14(8-26-27)13-3-4-19(17(5-13)22(23,24)25)34(30,31)15-6-16(20(28)29)18(7-15)32-2/h3-5,8-9,15-16,18H,6-7,10-12H2,1-2H3,(H,28,29)/t15-,16-,18-/m1/s1. The number of methoxy groups -OCH3 is 1. The van der Waals surface area contributed by atoms with Gasteiger partial charge in [0, 0.05) is 24.3 Å². The lowest BCUT2D eigenvalue weighted by Gasteiger charge is -2.37. The Morgan fingerprint density at radius 1 is 1.29 bits per heavy atom. The lowest BCUT2D eigenvalue weighted by molar-refractivity contribution is -0.145. The van der Waals surface area contributed by atoms with Crippen LogP contribution >= 0.6 is 0 Å². The number of halogens is 3. The SMILES string of the molecule is CO[C@@H]1C[C@H](S(=O)(=O)c2ccc(-c3cnn(CC4(C)COC4)c3)cc2C(F)(F)F)C[C@H]1C(=O)O. The molecular weight excluding hydrogens is 477 g/mol. The maximum Gasteiger partial charge on any atom is 0.417 e. The minimum Gasteiger partial charge on any atom is -0.481 e. The van der Waals surface area contributed by atoms with E-state index in [0.29, 0.717) is 25.3 Å². The summed E-state index contributed by atoms with van der Waals surface area (Å²) in [5.74, 6) is -2.34. The number of carboxylic acid groups (broad SMARTS) is 1. The van der Waals surface area contributed by atoms with Gasteiger partial charge < -0.3 is 14.6 Å². The van der Waals surface area contributed by atoms with Crippen molar-refractivity contribution in [1.82, 2.24) is 9.78 Å². The van der Waals surface area contributed by atoms with Crippen LogP contribution in [0.3, 0.4) is 0 Å². The molecule has 1 saturated carbocycles. The molecule has 1 saturated heterocycles. The van der Waals surface area contributed by atoms with Gasteiger partial charge in [0.15, 0.2) is 9.84 Å². The summed E-state index contributed by atoms with van der Waals surface area (Å²) in [4.78, 5) is 10.6. The molecule has 2 aromatic rings. The van der Waals surface area contributed by atoms with Crippen molar-refractivity contribution >= 4 is 15.8 Å². The molecule has 34 heavy (non-hydrogen) atoms. The number of ether oxygens (including phenoxy) is 2. The van der Waals surface area contributed by atoms with Gasteiger partial charge in [-0.15, -0.1) is 0 Å². The highest BCUT2D eigenvalue weighted by molar-refractivity contribution is 7.92. The fourth-order valence-electron chi connectivity index (χ4n) is 4.62. The number of benzene rings is 1. The molecule has 1 aliphatic carbocycles. The van der Waals surface area contributed by atoms with Crippen molar-refractivity contribution in [3.8, 4) is 11.1 Å². The average Bonchev–Trinajstić information content (AvgIpc) is 3.39. The van der Waals surface area contributed by atoms with Gasteiger partial charge in [-0.1, -0.05) is 13.0 Å². The first kappa shape index (κ1) is 24.7. The van der Waals surface area contributed by atoms with Crippen LogP contribution in [0.2, 0.25) is 0 Å². The van der Waals surface area contributed by atoms with Gasteiger partial charge in [0.25, 0.3) is 0 Å². The van der Waals surface area contributed by atoms with Crippen LogP contribution in [0.4, 0.5) is 13.2 Å². The summed E-state index contributed by atoms with van der Waals surface area (Å²) >= 11 is 0. The van der Waals surface area contributed by atoms with Crippen LogP contribution in [-0.4, -0.2) is 61.0 Å². The van der Waals surface area contributed by atoms with Gasteiger partial charge in [-0.25, -0.2) is 8.42 Å². The molecule has 0 amide bonds. The Balaban J connectivity index is 1.67. The highest BCUT2D eigenvalue weighted by Gasteiger charge is 2.47. The van der Waals surface area contributed by atoms with E-state index >= 15 is 0 Å². The summed E-state index contributed by atoms with van der Waals surface area (Å²) < 4.78 is 80.2. The van der Waals surface area contributed by atoms with Crippen molar-refractivity contribution in [2.45, 2.75) is 48.7 Å². The van der Waals surface area contributed by atoms with E-state index in [9.17, 15) is 31.5 Å². The Labute approximate surface area is 194 Å². The molecule has 2 fully saturated rings. The third kappa shape index (κ3) is 4.58.